The van der Waals surface area contributed by atoms with Crippen molar-refractivity contribution in [1.29, 1.82) is 0 Å². The van der Waals surface area contributed by atoms with Crippen LogP contribution in [0, 0.1) is 12.3 Å². The molecule has 2 unspecified atom stereocenters. The molecule has 1 aliphatic heterocycles. The second kappa shape index (κ2) is 6.31. The van der Waals surface area contributed by atoms with Crippen LogP contribution in [0.5, 0.6) is 11.5 Å². The van der Waals surface area contributed by atoms with E-state index in [-0.39, 0.29) is 18.4 Å². The van der Waals surface area contributed by atoms with Crippen LogP contribution in [0.15, 0.2) is 24.3 Å². The smallest absolute Gasteiger partial charge is 0.240 e. The van der Waals surface area contributed by atoms with Crippen molar-refractivity contribution in [3.05, 3.63) is 24.3 Å². The summed E-state index contributed by atoms with van der Waals surface area (Å²) in [4.78, 5) is 13.5. The molecule has 2 atom stereocenters. The van der Waals surface area contributed by atoms with Gasteiger partial charge in [-0.1, -0.05) is 12.1 Å². The molecule has 1 aromatic rings. The molecule has 1 amide bonds. The third-order valence-corrected chi connectivity index (χ3v) is 3.08. The van der Waals surface area contributed by atoms with Crippen LogP contribution in [0.2, 0.25) is 0 Å². The van der Waals surface area contributed by atoms with Gasteiger partial charge < -0.3 is 20.1 Å². The van der Waals surface area contributed by atoms with E-state index in [1.807, 2.05) is 24.3 Å². The summed E-state index contributed by atoms with van der Waals surface area (Å²) in [5.41, 5.74) is 5.70. The van der Waals surface area contributed by atoms with E-state index in [4.69, 9.17) is 21.6 Å². The first-order chi connectivity index (χ1) is 9.61. The van der Waals surface area contributed by atoms with E-state index in [9.17, 15) is 4.79 Å². The molecular formula is C15H18N2O3. The standard InChI is InChI=1S/C15H18N2O3/c1-3-6-12(16)15(18)17(2)9-11-10-19-13-7-4-5-8-14(13)20-11/h1,4-5,7-8,11-12H,6,9-10,16H2,2H3. The summed E-state index contributed by atoms with van der Waals surface area (Å²) in [7, 11) is 1.68. The Bertz CT molecular complexity index is 524. The van der Waals surface area contributed by atoms with Gasteiger partial charge >= 0.3 is 0 Å². The molecule has 106 valence electrons. The van der Waals surface area contributed by atoms with Crippen molar-refractivity contribution < 1.29 is 14.3 Å². The Kier molecular flexibility index (Phi) is 4.49. The molecule has 0 aromatic heterocycles. The molecule has 0 fully saturated rings. The zero-order valence-corrected chi connectivity index (χ0v) is 11.4. The number of amides is 1. The predicted octanol–water partition coefficient (Wildman–Crippen LogP) is 0.635. The van der Waals surface area contributed by atoms with Crippen LogP contribution in [0.25, 0.3) is 0 Å². The van der Waals surface area contributed by atoms with E-state index >= 15 is 0 Å². The molecule has 0 radical (unpaired) electrons. The highest BCUT2D eigenvalue weighted by molar-refractivity contribution is 5.81. The average Bonchev–Trinajstić information content (AvgIpc) is 2.46. The van der Waals surface area contributed by atoms with Gasteiger partial charge in [0.25, 0.3) is 0 Å². The maximum atomic E-state index is 12.0. The van der Waals surface area contributed by atoms with Crippen molar-refractivity contribution >= 4 is 5.91 Å². The Labute approximate surface area is 118 Å². The topological polar surface area (TPSA) is 64.8 Å². The molecule has 1 aliphatic rings. The molecule has 5 nitrogen and oxygen atoms in total. The summed E-state index contributed by atoms with van der Waals surface area (Å²) in [6.45, 7) is 0.810. The fourth-order valence-corrected chi connectivity index (χ4v) is 2.05. The number of rotatable bonds is 4. The van der Waals surface area contributed by atoms with Gasteiger partial charge in [0, 0.05) is 13.5 Å². The Balaban J connectivity index is 1.92. The van der Waals surface area contributed by atoms with E-state index in [2.05, 4.69) is 5.92 Å². The van der Waals surface area contributed by atoms with Crippen LogP contribution in [0.3, 0.4) is 0 Å². The van der Waals surface area contributed by atoms with Crippen molar-refractivity contribution in [2.75, 3.05) is 20.2 Å². The van der Waals surface area contributed by atoms with E-state index in [0.717, 1.165) is 5.75 Å². The first kappa shape index (κ1) is 14.2. The monoisotopic (exact) mass is 274 g/mol. The van der Waals surface area contributed by atoms with E-state index in [0.29, 0.717) is 18.9 Å². The zero-order chi connectivity index (χ0) is 14.5. The second-order valence-electron chi connectivity index (χ2n) is 4.73. The molecule has 2 rings (SSSR count). The average molecular weight is 274 g/mol. The first-order valence-corrected chi connectivity index (χ1v) is 6.44. The number of nitrogens with zero attached hydrogens (tertiary/aromatic N) is 1. The van der Waals surface area contributed by atoms with Crippen LogP contribution in [0.1, 0.15) is 6.42 Å². The van der Waals surface area contributed by atoms with Crippen molar-refractivity contribution in [1.82, 2.24) is 4.90 Å². The van der Waals surface area contributed by atoms with Gasteiger partial charge in [0.1, 0.15) is 6.61 Å². The van der Waals surface area contributed by atoms with Gasteiger partial charge in [-0.2, -0.15) is 0 Å². The largest absolute Gasteiger partial charge is 0.486 e. The minimum Gasteiger partial charge on any atom is -0.486 e. The second-order valence-corrected chi connectivity index (χ2v) is 4.73. The van der Waals surface area contributed by atoms with Crippen LogP contribution in [-0.2, 0) is 4.79 Å². The number of hydrogen-bond donors (Lipinski definition) is 1. The lowest BCUT2D eigenvalue weighted by atomic mass is 10.2. The van der Waals surface area contributed by atoms with Crippen LogP contribution >= 0.6 is 0 Å². The third kappa shape index (κ3) is 3.22. The summed E-state index contributed by atoms with van der Waals surface area (Å²) >= 11 is 0. The summed E-state index contributed by atoms with van der Waals surface area (Å²) < 4.78 is 11.4. The van der Waals surface area contributed by atoms with Gasteiger partial charge in [-0.05, 0) is 12.1 Å². The highest BCUT2D eigenvalue weighted by atomic mass is 16.6. The summed E-state index contributed by atoms with van der Waals surface area (Å²) in [5, 5.41) is 0. The number of carbonyl (C=O) groups excluding carboxylic acids is 1. The summed E-state index contributed by atoms with van der Waals surface area (Å²) in [6.07, 6.45) is 5.18. The van der Waals surface area contributed by atoms with Crippen molar-refractivity contribution in [3.63, 3.8) is 0 Å². The number of terminal acetylenes is 1. The molecular weight excluding hydrogens is 256 g/mol. The Morgan fingerprint density at radius 1 is 1.55 bits per heavy atom. The van der Waals surface area contributed by atoms with Crippen LogP contribution < -0.4 is 15.2 Å². The lowest BCUT2D eigenvalue weighted by Gasteiger charge is -2.30. The lowest BCUT2D eigenvalue weighted by Crippen LogP contribution is -2.47. The van der Waals surface area contributed by atoms with Crippen molar-refractivity contribution in [2.24, 2.45) is 5.73 Å². The SMILES string of the molecule is C#CCC(N)C(=O)N(C)CC1COc2ccccc2O1. The van der Waals surface area contributed by atoms with Gasteiger partial charge in [-0.25, -0.2) is 0 Å². The van der Waals surface area contributed by atoms with E-state index < -0.39 is 6.04 Å². The summed E-state index contributed by atoms with van der Waals surface area (Å²) in [5.74, 6) is 3.62. The third-order valence-electron chi connectivity index (χ3n) is 3.08. The van der Waals surface area contributed by atoms with Crippen molar-refractivity contribution in [2.45, 2.75) is 18.6 Å². The summed E-state index contributed by atoms with van der Waals surface area (Å²) in [6, 6.07) is 6.79. The maximum Gasteiger partial charge on any atom is 0.240 e. The minimum atomic E-state index is -0.665. The molecule has 0 saturated carbocycles. The van der Waals surface area contributed by atoms with Gasteiger partial charge in [0.05, 0.1) is 12.6 Å². The minimum absolute atomic E-state index is 0.189. The number of nitrogens with two attached hydrogens (primary N) is 1. The number of carbonyl (C=O) groups is 1. The normalized spacial score (nSPS) is 17.9. The number of likely N-dealkylation sites (N-methyl/N-ethyl adjacent to an activating group) is 1. The number of hydrogen-bond acceptors (Lipinski definition) is 4. The molecule has 0 aliphatic carbocycles. The number of benzene rings is 1. The lowest BCUT2D eigenvalue weighted by molar-refractivity contribution is -0.132. The molecule has 0 bridgehead atoms. The van der Waals surface area contributed by atoms with Gasteiger partial charge in [-0.15, -0.1) is 12.3 Å². The highest BCUT2D eigenvalue weighted by Gasteiger charge is 2.25. The Hall–Kier alpha value is -2.19. The predicted molar refractivity (Wildman–Crippen MR) is 75.4 cm³/mol. The van der Waals surface area contributed by atoms with Gasteiger partial charge in [0.2, 0.25) is 5.91 Å². The molecule has 2 N–H and O–H groups in total. The van der Waals surface area contributed by atoms with E-state index in [1.54, 1.807) is 7.05 Å². The fourth-order valence-electron chi connectivity index (χ4n) is 2.05. The quantitative estimate of drug-likeness (QED) is 0.818. The maximum absolute atomic E-state index is 12.0. The highest BCUT2D eigenvalue weighted by Crippen LogP contribution is 2.30. The van der Waals surface area contributed by atoms with Crippen LogP contribution in [0.4, 0.5) is 0 Å². The van der Waals surface area contributed by atoms with Gasteiger partial charge in [0.15, 0.2) is 17.6 Å². The molecule has 1 aromatic carbocycles. The Morgan fingerprint density at radius 2 is 2.25 bits per heavy atom. The number of fused-ring (bicyclic) bond motifs is 1. The number of ether oxygens (including phenoxy) is 2. The number of para-hydroxylation sites is 2. The molecule has 0 saturated heterocycles. The van der Waals surface area contributed by atoms with Gasteiger partial charge in [-0.3, -0.25) is 4.79 Å². The molecule has 0 spiro atoms. The first-order valence-electron chi connectivity index (χ1n) is 6.44. The molecule has 5 heteroatoms. The fraction of sp³-hybridized carbons (Fsp3) is 0.400. The van der Waals surface area contributed by atoms with Crippen LogP contribution in [-0.4, -0.2) is 43.2 Å². The zero-order valence-electron chi connectivity index (χ0n) is 11.4. The van der Waals surface area contributed by atoms with E-state index in [1.165, 1.54) is 4.90 Å². The Morgan fingerprint density at radius 3 is 2.95 bits per heavy atom. The molecule has 1 heterocycles. The van der Waals surface area contributed by atoms with Crippen molar-refractivity contribution in [3.8, 4) is 23.8 Å². The molecule has 20 heavy (non-hydrogen) atoms.